The van der Waals surface area contributed by atoms with Gasteiger partial charge in [-0.15, -0.1) is 0 Å². The van der Waals surface area contributed by atoms with E-state index < -0.39 is 64.2 Å². The first-order valence-electron chi connectivity index (χ1n) is 12.5. The number of phenols is 4. The van der Waals surface area contributed by atoms with Crippen LogP contribution in [0.15, 0.2) is 54.6 Å². The van der Waals surface area contributed by atoms with Crippen LogP contribution in [0.25, 0.3) is 0 Å². The number of ketones is 1. The molecular formula is C29H27NO11. The molecule has 3 aromatic carbocycles. The maximum absolute atomic E-state index is 13.2. The van der Waals surface area contributed by atoms with Crippen molar-refractivity contribution in [3.8, 4) is 23.0 Å². The molecule has 2 atom stereocenters. The van der Waals surface area contributed by atoms with Crippen LogP contribution in [0.5, 0.6) is 23.0 Å². The second kappa shape index (κ2) is 12.4. The van der Waals surface area contributed by atoms with Crippen molar-refractivity contribution in [2.75, 3.05) is 20.3 Å². The lowest BCUT2D eigenvalue weighted by Crippen LogP contribution is -2.47. The van der Waals surface area contributed by atoms with Crippen molar-refractivity contribution in [1.82, 2.24) is 5.32 Å². The topological polar surface area (TPSA) is 189 Å². The van der Waals surface area contributed by atoms with Gasteiger partial charge >= 0.3 is 11.9 Å². The number of ether oxygens (including phenoxy) is 3. The number of phenolic OH excluding ortho intramolecular Hbond substituents is 4. The van der Waals surface area contributed by atoms with Crippen LogP contribution in [0.3, 0.4) is 0 Å². The zero-order valence-electron chi connectivity index (χ0n) is 21.8. The van der Waals surface area contributed by atoms with Gasteiger partial charge in [0.1, 0.15) is 34.7 Å². The van der Waals surface area contributed by atoms with Gasteiger partial charge in [-0.05, 0) is 61.4 Å². The molecule has 0 radical (unpaired) electrons. The number of amides is 1. The van der Waals surface area contributed by atoms with Crippen LogP contribution in [-0.2, 0) is 14.2 Å². The van der Waals surface area contributed by atoms with E-state index in [4.69, 9.17) is 9.47 Å². The molecule has 0 aromatic heterocycles. The minimum Gasteiger partial charge on any atom is -0.508 e. The molecule has 1 heterocycles. The standard InChI is InChI=1S/C29H27NO11/c1-39-29(38)18-4-2-5-20(32)24(18)26(35)25-21(33)12-16(13-22(25)34)28(37)41-23-6-3-11-40-14-19(23)30-27(36)15-7-9-17(31)10-8-15/h2,4-5,7-10,12-13,19,23,31-34H,3,6,11,14H2,1H3,(H,30,36)/t19-,23-/m1/s1. The minimum atomic E-state index is -1.09. The Labute approximate surface area is 233 Å². The lowest BCUT2D eigenvalue weighted by atomic mass is 9.95. The molecule has 1 aliphatic rings. The van der Waals surface area contributed by atoms with Crippen LogP contribution >= 0.6 is 0 Å². The van der Waals surface area contributed by atoms with Gasteiger partial charge in [-0.3, -0.25) is 9.59 Å². The Morgan fingerprint density at radius 3 is 2.20 bits per heavy atom. The van der Waals surface area contributed by atoms with Crippen molar-refractivity contribution in [1.29, 1.82) is 0 Å². The van der Waals surface area contributed by atoms with Crippen LogP contribution in [0, 0.1) is 0 Å². The molecule has 41 heavy (non-hydrogen) atoms. The Morgan fingerprint density at radius 1 is 0.854 bits per heavy atom. The Kier molecular flexibility index (Phi) is 8.73. The number of carbonyl (C=O) groups is 4. The fourth-order valence-electron chi connectivity index (χ4n) is 4.40. The Morgan fingerprint density at radius 2 is 1.54 bits per heavy atom. The third-order valence-corrected chi connectivity index (χ3v) is 6.46. The fraction of sp³-hybridized carbons (Fsp3) is 0.241. The molecule has 0 unspecified atom stereocenters. The SMILES string of the molecule is COC(=O)c1cccc(O)c1C(=O)c1c(O)cc(C(=O)O[C@@H]2CCCOC[C@H]2NC(=O)c2ccc(O)cc2)cc1O. The summed E-state index contributed by atoms with van der Waals surface area (Å²) in [5.41, 5.74) is -1.49. The molecule has 1 aliphatic heterocycles. The van der Waals surface area contributed by atoms with E-state index in [1.807, 2.05) is 0 Å². The molecule has 0 aliphatic carbocycles. The summed E-state index contributed by atoms with van der Waals surface area (Å²) in [7, 11) is 1.08. The van der Waals surface area contributed by atoms with Crippen molar-refractivity contribution in [3.63, 3.8) is 0 Å². The van der Waals surface area contributed by atoms with Gasteiger partial charge in [0.15, 0.2) is 0 Å². The van der Waals surface area contributed by atoms with Crippen LogP contribution in [0.1, 0.15) is 59.8 Å². The quantitative estimate of drug-likeness (QED) is 0.209. The molecule has 4 rings (SSSR count). The van der Waals surface area contributed by atoms with E-state index in [0.717, 1.165) is 25.3 Å². The fourth-order valence-corrected chi connectivity index (χ4v) is 4.40. The first-order valence-corrected chi connectivity index (χ1v) is 12.5. The molecule has 1 fully saturated rings. The summed E-state index contributed by atoms with van der Waals surface area (Å²) in [5.74, 6) is -5.64. The molecule has 1 amide bonds. The Balaban J connectivity index is 1.56. The molecule has 12 heteroatoms. The predicted molar refractivity (Wildman–Crippen MR) is 141 cm³/mol. The monoisotopic (exact) mass is 565 g/mol. The zero-order valence-corrected chi connectivity index (χ0v) is 21.8. The number of methoxy groups -OCH3 is 1. The number of hydrogen-bond donors (Lipinski definition) is 5. The molecule has 0 saturated carbocycles. The lowest BCUT2D eigenvalue weighted by Gasteiger charge is -2.25. The average Bonchev–Trinajstić information content (AvgIpc) is 3.16. The summed E-state index contributed by atoms with van der Waals surface area (Å²) < 4.78 is 15.8. The number of benzene rings is 3. The number of rotatable bonds is 7. The van der Waals surface area contributed by atoms with E-state index in [1.165, 1.54) is 36.4 Å². The first-order chi connectivity index (χ1) is 19.6. The highest BCUT2D eigenvalue weighted by Gasteiger charge is 2.32. The van der Waals surface area contributed by atoms with Gasteiger partial charge in [-0.2, -0.15) is 0 Å². The second-order valence-corrected chi connectivity index (χ2v) is 9.20. The number of carbonyl (C=O) groups excluding carboxylic acids is 4. The van der Waals surface area contributed by atoms with E-state index in [-0.39, 0.29) is 29.0 Å². The van der Waals surface area contributed by atoms with E-state index in [0.29, 0.717) is 19.4 Å². The van der Waals surface area contributed by atoms with E-state index in [2.05, 4.69) is 10.1 Å². The van der Waals surface area contributed by atoms with Crippen LogP contribution in [0.2, 0.25) is 0 Å². The maximum Gasteiger partial charge on any atom is 0.338 e. The molecule has 12 nitrogen and oxygen atoms in total. The zero-order chi connectivity index (χ0) is 29.7. The first kappa shape index (κ1) is 28.9. The second-order valence-electron chi connectivity index (χ2n) is 9.20. The molecule has 0 spiro atoms. The summed E-state index contributed by atoms with van der Waals surface area (Å²) >= 11 is 0. The molecular weight excluding hydrogens is 538 g/mol. The summed E-state index contributed by atoms with van der Waals surface area (Å²) in [4.78, 5) is 51.1. The normalized spacial score (nSPS) is 16.7. The molecule has 214 valence electrons. The molecule has 1 saturated heterocycles. The summed E-state index contributed by atoms with van der Waals surface area (Å²) in [5, 5.41) is 43.7. The number of esters is 2. The van der Waals surface area contributed by atoms with Crippen molar-refractivity contribution >= 4 is 23.6 Å². The summed E-state index contributed by atoms with van der Waals surface area (Å²) in [6.07, 6.45) is 0.0292. The Hall–Kier alpha value is -5.10. The largest absolute Gasteiger partial charge is 0.508 e. The minimum absolute atomic E-state index is 0.00476. The van der Waals surface area contributed by atoms with Gasteiger partial charge in [0.2, 0.25) is 5.78 Å². The van der Waals surface area contributed by atoms with Crippen molar-refractivity contribution in [3.05, 3.63) is 82.4 Å². The molecule has 0 bridgehead atoms. The van der Waals surface area contributed by atoms with Crippen molar-refractivity contribution in [2.24, 2.45) is 0 Å². The number of nitrogens with one attached hydrogen (secondary N) is 1. The third-order valence-electron chi connectivity index (χ3n) is 6.46. The summed E-state index contributed by atoms with van der Waals surface area (Å²) in [6, 6.07) is 10.4. The van der Waals surface area contributed by atoms with Crippen molar-refractivity contribution < 1.29 is 53.8 Å². The van der Waals surface area contributed by atoms with Gasteiger partial charge in [0, 0.05) is 12.2 Å². The van der Waals surface area contributed by atoms with Crippen LogP contribution in [0.4, 0.5) is 0 Å². The van der Waals surface area contributed by atoms with Gasteiger partial charge in [0.25, 0.3) is 5.91 Å². The van der Waals surface area contributed by atoms with Gasteiger partial charge in [-0.25, -0.2) is 9.59 Å². The lowest BCUT2D eigenvalue weighted by molar-refractivity contribution is 0.0134. The predicted octanol–water partition coefficient (Wildman–Crippen LogP) is 2.66. The average molecular weight is 566 g/mol. The third kappa shape index (κ3) is 6.39. The highest BCUT2D eigenvalue weighted by Crippen LogP contribution is 2.35. The van der Waals surface area contributed by atoms with E-state index in [9.17, 15) is 39.6 Å². The Bertz CT molecular complexity index is 1460. The van der Waals surface area contributed by atoms with E-state index in [1.54, 1.807) is 0 Å². The van der Waals surface area contributed by atoms with Crippen molar-refractivity contribution in [2.45, 2.75) is 25.0 Å². The van der Waals surface area contributed by atoms with Gasteiger partial charge in [-0.1, -0.05) is 6.07 Å². The van der Waals surface area contributed by atoms with Gasteiger partial charge in [0.05, 0.1) is 36.4 Å². The van der Waals surface area contributed by atoms with E-state index >= 15 is 0 Å². The summed E-state index contributed by atoms with van der Waals surface area (Å²) in [6.45, 7) is 0.423. The highest BCUT2D eigenvalue weighted by atomic mass is 16.5. The highest BCUT2D eigenvalue weighted by molar-refractivity contribution is 6.18. The smallest absolute Gasteiger partial charge is 0.338 e. The van der Waals surface area contributed by atoms with Crippen LogP contribution < -0.4 is 5.32 Å². The number of aromatic hydroxyl groups is 4. The molecule has 3 aromatic rings. The molecule has 5 N–H and O–H groups in total. The van der Waals surface area contributed by atoms with Gasteiger partial charge < -0.3 is 40.0 Å². The maximum atomic E-state index is 13.2. The number of hydrogen-bond acceptors (Lipinski definition) is 11. The van der Waals surface area contributed by atoms with Crippen LogP contribution in [-0.4, -0.2) is 76.5 Å².